The van der Waals surface area contributed by atoms with Crippen LogP contribution in [0.15, 0.2) is 66.7 Å². The summed E-state index contributed by atoms with van der Waals surface area (Å²) in [5.74, 6) is 7.93. The highest BCUT2D eigenvalue weighted by atomic mass is 15.2. The van der Waals surface area contributed by atoms with E-state index in [0.29, 0.717) is 0 Å². The van der Waals surface area contributed by atoms with Crippen LogP contribution >= 0.6 is 0 Å². The van der Waals surface area contributed by atoms with Gasteiger partial charge in [-0.3, -0.25) is 0 Å². The Labute approximate surface area is 546 Å². The van der Waals surface area contributed by atoms with Crippen LogP contribution in [0.25, 0.3) is 66.2 Å². The van der Waals surface area contributed by atoms with Gasteiger partial charge in [-0.1, -0.05) is 30.3 Å². The van der Waals surface area contributed by atoms with E-state index in [4.69, 9.17) is 0 Å². The molecule has 6 aromatic carbocycles. The van der Waals surface area contributed by atoms with Gasteiger partial charge in [-0.15, -0.1) is 0 Å². The average molecular weight is 1230 g/mol. The molecule has 0 fully saturated rings. The number of aromatic nitrogens is 12. The van der Waals surface area contributed by atoms with Crippen molar-refractivity contribution in [3.05, 3.63) is 174 Å². The number of aryl methyl sites for hydroxylation is 24. The second-order valence-corrected chi connectivity index (χ2v) is 26.0. The molecule has 0 aliphatic rings. The number of imidazole rings is 6. The fourth-order valence-corrected chi connectivity index (χ4v) is 14.5. The number of hydrogen-bond donors (Lipinski definition) is 0. The molecule has 91 heavy (non-hydrogen) atoms. The van der Waals surface area contributed by atoms with Crippen LogP contribution in [0.4, 0.5) is 0 Å². The molecule has 12 rings (SSSR count). The number of rotatable bonds is 6. The van der Waals surface area contributed by atoms with Crippen molar-refractivity contribution in [2.75, 3.05) is 0 Å². The number of fused-ring (bicyclic) bond motifs is 6. The molecule has 0 aliphatic heterocycles. The van der Waals surface area contributed by atoms with Crippen molar-refractivity contribution in [3.63, 3.8) is 0 Å². The van der Waals surface area contributed by atoms with E-state index in [0.717, 1.165) is 39.3 Å². The van der Waals surface area contributed by atoms with Gasteiger partial charge in [0.05, 0.1) is 81.6 Å². The van der Waals surface area contributed by atoms with Crippen LogP contribution in [0.2, 0.25) is 0 Å². The largest absolute Gasteiger partial charge is 0.254 e. The summed E-state index contributed by atoms with van der Waals surface area (Å²) in [6, 6.07) is 24.8. The predicted octanol–water partition coefficient (Wildman–Crippen LogP) is 14.8. The van der Waals surface area contributed by atoms with E-state index in [1.807, 2.05) is 0 Å². The summed E-state index contributed by atoms with van der Waals surface area (Å²) in [7, 11) is 12.9. The van der Waals surface area contributed by atoms with Crippen LogP contribution < -0.4 is 27.4 Å². The van der Waals surface area contributed by atoms with Gasteiger partial charge in [0, 0.05) is 74.9 Å². The fraction of sp³-hybridized carbons (Fsp3) is 0.468. The molecule has 0 N–H and O–H groups in total. The number of nitrogens with zero attached hydrogens (tertiary/aromatic N) is 12. The van der Waals surface area contributed by atoms with Crippen LogP contribution in [0.5, 0.6) is 0 Å². The molecule has 0 unspecified atom stereocenters. The first-order valence-electron chi connectivity index (χ1n) is 33.6. The molecule has 12 nitrogen and oxygen atoms in total. The fourth-order valence-electron chi connectivity index (χ4n) is 14.5. The third kappa shape index (κ3) is 12.9. The standard InChI is InChI=1S/C14H21N2.5C13H19N2/c1-7-16-12(5)15(6)14-11(4)10(3)9(2)8-13(14)16;1-6-15-11(4)14(5)12-7-9(2)10(3)8-13(12)15;1-6-15-11(4)14(5)13-10(3)7-9(2)8-12(13)15;1-6-15-11(4)14(5)12-8-9(2)7-10(3)13(12)15;1-6-15-11(4)14(5)12-8-7-9(2)10(3)13(12)15;1-6-15-11(4)14(5)12-9(2)7-8-10(3)13(12)15/h8H,7H2,1-6H3;5*7-8H,6H2,1-5H3/q6*+1. The minimum Gasteiger partial charge on any atom is -0.230 e. The Balaban J connectivity index is 0.000000155. The lowest BCUT2D eigenvalue weighted by Gasteiger charge is -2.04. The first-order chi connectivity index (χ1) is 42.8. The number of benzene rings is 6. The molecule has 0 amide bonds. The smallest absolute Gasteiger partial charge is 0.230 e. The van der Waals surface area contributed by atoms with Crippen molar-refractivity contribution < 1.29 is 27.4 Å². The lowest BCUT2D eigenvalue weighted by atomic mass is 10.0. The van der Waals surface area contributed by atoms with Crippen LogP contribution in [-0.2, 0) is 81.6 Å². The highest BCUT2D eigenvalue weighted by Crippen LogP contribution is 2.27. The molecule has 6 aromatic heterocycles. The zero-order valence-corrected chi connectivity index (χ0v) is 62.5. The third-order valence-electron chi connectivity index (χ3n) is 20.7. The van der Waals surface area contributed by atoms with Gasteiger partial charge in [0.1, 0.15) is 0 Å². The topological polar surface area (TPSA) is 52.9 Å². The Morgan fingerprint density at radius 3 is 1.23 bits per heavy atom. The summed E-state index contributed by atoms with van der Waals surface area (Å²) < 4.78 is 28.0. The van der Waals surface area contributed by atoms with Crippen LogP contribution in [0.3, 0.4) is 0 Å². The van der Waals surface area contributed by atoms with Gasteiger partial charge in [-0.05, 0) is 207 Å². The van der Waals surface area contributed by atoms with Crippen molar-refractivity contribution in [1.29, 1.82) is 0 Å². The summed E-state index contributed by atoms with van der Waals surface area (Å²) in [4.78, 5) is 0. The molecule has 0 saturated carbocycles. The monoisotopic (exact) mass is 1230 g/mol. The van der Waals surface area contributed by atoms with Gasteiger partial charge in [0.25, 0.3) is 34.9 Å². The SMILES string of the molecule is CC[n+]1c(C)n(C)c2cc(C)cc(C)c21.CC[n+]1c(C)n(C)c2ccc(C)c(C)c21.CCn1c(C)[n+](C)c2c(C)c(C)c(C)cc21.CCn1c(C)[n+](C)c2c(C)cc(C)cc21.CCn1c(C)[n+](C)c2c(C)ccc(C)c21.CCn1c(C)[n+](C)c2cc(C)c(C)cc21. The van der Waals surface area contributed by atoms with E-state index in [9.17, 15) is 0 Å². The zero-order valence-electron chi connectivity index (χ0n) is 62.5. The highest BCUT2D eigenvalue weighted by molar-refractivity contribution is 5.81. The maximum atomic E-state index is 2.39. The molecule has 0 radical (unpaired) electrons. The molecule has 0 atom stereocenters. The zero-order chi connectivity index (χ0) is 67.8. The van der Waals surface area contributed by atoms with Crippen molar-refractivity contribution in [3.8, 4) is 0 Å². The molecule has 0 spiro atoms. The summed E-state index contributed by atoms with van der Waals surface area (Å²) >= 11 is 0. The number of hydrogen-bond acceptors (Lipinski definition) is 0. The predicted molar refractivity (Wildman–Crippen MR) is 383 cm³/mol. The Hall–Kier alpha value is -7.86. The van der Waals surface area contributed by atoms with E-state index < -0.39 is 0 Å². The molecule has 486 valence electrons. The van der Waals surface area contributed by atoms with Gasteiger partial charge in [0.15, 0.2) is 66.2 Å². The molecule has 0 aliphatic carbocycles. The summed E-state index contributed by atoms with van der Waals surface area (Å²) in [6.45, 7) is 60.9. The molecule has 12 aromatic rings. The lowest BCUT2D eigenvalue weighted by molar-refractivity contribution is -0.675. The Kier molecular flexibility index (Phi) is 22.0. The second kappa shape index (κ2) is 28.3. The van der Waals surface area contributed by atoms with Gasteiger partial charge < -0.3 is 0 Å². The molecule has 6 heterocycles. The summed E-state index contributed by atoms with van der Waals surface area (Å²) in [5.41, 5.74) is 34.2. The first kappa shape index (κ1) is 70.6. The van der Waals surface area contributed by atoms with Gasteiger partial charge >= 0.3 is 0 Å². The molecular weight excluding hydrogens is 1120 g/mol. The lowest BCUT2D eigenvalue weighted by Crippen LogP contribution is -2.35. The van der Waals surface area contributed by atoms with Crippen molar-refractivity contribution in [2.24, 2.45) is 42.3 Å². The Morgan fingerprint density at radius 1 is 0.286 bits per heavy atom. The summed E-state index contributed by atoms with van der Waals surface area (Å²) in [5, 5.41) is 0. The highest BCUT2D eigenvalue weighted by Gasteiger charge is 2.26. The van der Waals surface area contributed by atoms with Crippen molar-refractivity contribution in [1.82, 2.24) is 27.4 Å². The van der Waals surface area contributed by atoms with Gasteiger partial charge in [0.2, 0.25) is 0 Å². The molecule has 12 heteroatoms. The summed E-state index contributed by atoms with van der Waals surface area (Å²) in [6.07, 6.45) is 0. The first-order valence-corrected chi connectivity index (χ1v) is 33.6. The van der Waals surface area contributed by atoms with Crippen LogP contribution in [-0.4, -0.2) is 27.4 Å². The van der Waals surface area contributed by atoms with Gasteiger partial charge in [-0.25, -0.2) is 54.8 Å². The van der Waals surface area contributed by atoms with E-state index in [2.05, 4.69) is 337 Å². The minimum absolute atomic E-state index is 1.03. The second-order valence-electron chi connectivity index (χ2n) is 26.0. The molecular formula is C79H116N12+6. The Morgan fingerprint density at radius 2 is 0.692 bits per heavy atom. The quantitative estimate of drug-likeness (QED) is 0.149. The van der Waals surface area contributed by atoms with E-state index in [-0.39, 0.29) is 0 Å². The maximum absolute atomic E-state index is 2.39. The molecule has 0 bridgehead atoms. The van der Waals surface area contributed by atoms with Gasteiger partial charge in [-0.2, -0.15) is 0 Å². The van der Waals surface area contributed by atoms with Crippen LogP contribution in [0, 0.1) is 132 Å². The van der Waals surface area contributed by atoms with Crippen molar-refractivity contribution >= 4 is 66.2 Å². The van der Waals surface area contributed by atoms with E-state index in [1.165, 1.54) is 173 Å². The van der Waals surface area contributed by atoms with E-state index in [1.54, 1.807) is 0 Å². The Bertz CT molecular complexity index is 4690. The molecule has 0 saturated heterocycles. The normalized spacial score (nSPS) is 11.3. The average Bonchev–Trinajstić information content (AvgIpc) is 1.75. The van der Waals surface area contributed by atoms with Crippen LogP contribution in [0.1, 0.15) is 149 Å². The minimum atomic E-state index is 1.03. The maximum Gasteiger partial charge on any atom is 0.254 e. The van der Waals surface area contributed by atoms with E-state index >= 15 is 0 Å². The van der Waals surface area contributed by atoms with Crippen molar-refractivity contribution in [2.45, 2.75) is 212 Å². The third-order valence-corrected chi connectivity index (χ3v) is 20.7.